The van der Waals surface area contributed by atoms with Gasteiger partial charge in [-0.15, -0.1) is 0 Å². The van der Waals surface area contributed by atoms with Crippen LogP contribution in [0.5, 0.6) is 28.7 Å². The molecule has 2 aliphatic heterocycles. The molecule has 0 bridgehead atoms. The number of rotatable bonds is 4. The lowest BCUT2D eigenvalue weighted by Crippen LogP contribution is -2.32. The standard InChI is InChI=1S/C25H26O6/c1-14(2)5-4-9-25(3)10-8-17-21(31-25)13-22-23(24(17)29)19(28)12-20(30-22)16-7-6-15(26)11-18(16)27/h5-8,10-11,13,20,26-27,29H,4,9,12H2,1-3H3/t20-,25-/m0/s1. The maximum Gasteiger partial charge on any atom is 0.174 e. The van der Waals surface area contributed by atoms with E-state index in [0.717, 1.165) is 12.8 Å². The predicted molar refractivity (Wildman–Crippen MR) is 117 cm³/mol. The average molecular weight is 422 g/mol. The molecule has 0 aromatic heterocycles. The molecule has 0 saturated heterocycles. The van der Waals surface area contributed by atoms with Crippen LogP contribution in [0.4, 0.5) is 0 Å². The van der Waals surface area contributed by atoms with Crippen LogP contribution in [0.25, 0.3) is 6.08 Å². The molecule has 0 radical (unpaired) electrons. The Morgan fingerprint density at radius 2 is 1.97 bits per heavy atom. The van der Waals surface area contributed by atoms with Gasteiger partial charge in [0.15, 0.2) is 5.78 Å². The van der Waals surface area contributed by atoms with Crippen molar-refractivity contribution in [2.24, 2.45) is 0 Å². The monoisotopic (exact) mass is 422 g/mol. The van der Waals surface area contributed by atoms with Gasteiger partial charge in [-0.3, -0.25) is 4.79 Å². The van der Waals surface area contributed by atoms with E-state index >= 15 is 0 Å². The molecule has 4 rings (SSSR count). The van der Waals surface area contributed by atoms with E-state index in [-0.39, 0.29) is 40.8 Å². The number of Topliss-reactive ketones (excluding diaryl/α,β-unsaturated/α-hetero) is 1. The highest BCUT2D eigenvalue weighted by Gasteiger charge is 2.36. The van der Waals surface area contributed by atoms with Crippen molar-refractivity contribution in [1.82, 2.24) is 0 Å². The first-order chi connectivity index (χ1) is 14.7. The normalized spacial score (nSPS) is 21.5. The minimum absolute atomic E-state index is 0.0390. The first-order valence-corrected chi connectivity index (χ1v) is 10.3. The topological polar surface area (TPSA) is 96.2 Å². The predicted octanol–water partition coefficient (Wildman–Crippen LogP) is 5.42. The molecule has 3 N–H and O–H groups in total. The lowest BCUT2D eigenvalue weighted by Gasteiger charge is -2.34. The SMILES string of the molecule is CC(C)=CCC[C@@]1(C)C=Cc2c(cc3c(c2O)C(=O)C[C@@H](c2ccc(O)cc2O)O3)O1. The van der Waals surface area contributed by atoms with Crippen LogP contribution in [0.3, 0.4) is 0 Å². The van der Waals surface area contributed by atoms with Gasteiger partial charge in [0, 0.05) is 17.7 Å². The molecule has 2 aromatic rings. The van der Waals surface area contributed by atoms with Gasteiger partial charge in [-0.05, 0) is 57.9 Å². The van der Waals surface area contributed by atoms with Crippen LogP contribution in [0.15, 0.2) is 42.0 Å². The second-order valence-electron chi connectivity index (χ2n) is 8.56. The van der Waals surface area contributed by atoms with Gasteiger partial charge in [0.05, 0.1) is 12.0 Å². The maximum atomic E-state index is 12.8. The molecule has 31 heavy (non-hydrogen) atoms. The quantitative estimate of drug-likeness (QED) is 0.569. The molecule has 0 amide bonds. The number of fused-ring (bicyclic) bond motifs is 2. The highest BCUT2D eigenvalue weighted by atomic mass is 16.5. The summed E-state index contributed by atoms with van der Waals surface area (Å²) in [7, 11) is 0. The smallest absolute Gasteiger partial charge is 0.174 e. The lowest BCUT2D eigenvalue weighted by atomic mass is 9.90. The Kier molecular flexibility index (Phi) is 5.17. The summed E-state index contributed by atoms with van der Waals surface area (Å²) >= 11 is 0. The van der Waals surface area contributed by atoms with Crippen molar-refractivity contribution in [3.05, 3.63) is 58.7 Å². The van der Waals surface area contributed by atoms with Gasteiger partial charge in [0.2, 0.25) is 0 Å². The van der Waals surface area contributed by atoms with E-state index in [1.807, 2.05) is 13.0 Å². The fourth-order valence-corrected chi connectivity index (χ4v) is 4.01. The summed E-state index contributed by atoms with van der Waals surface area (Å²) in [6.07, 6.45) is 6.69. The number of allylic oxidation sites excluding steroid dienone is 2. The van der Waals surface area contributed by atoms with Gasteiger partial charge < -0.3 is 24.8 Å². The summed E-state index contributed by atoms with van der Waals surface area (Å²) in [4.78, 5) is 12.8. The second kappa shape index (κ2) is 7.69. The van der Waals surface area contributed by atoms with E-state index < -0.39 is 11.7 Å². The fourth-order valence-electron chi connectivity index (χ4n) is 4.01. The summed E-state index contributed by atoms with van der Waals surface area (Å²) in [6.45, 7) is 6.08. The molecule has 0 unspecified atom stereocenters. The minimum Gasteiger partial charge on any atom is -0.508 e. The molecule has 2 atom stereocenters. The molecule has 0 fully saturated rings. The van der Waals surface area contributed by atoms with E-state index in [0.29, 0.717) is 16.9 Å². The lowest BCUT2D eigenvalue weighted by molar-refractivity contribution is 0.0838. The molecule has 2 heterocycles. The molecule has 6 nitrogen and oxygen atoms in total. The van der Waals surface area contributed by atoms with E-state index in [1.165, 1.54) is 23.8 Å². The Hall–Kier alpha value is -3.41. The zero-order chi connectivity index (χ0) is 22.3. The molecule has 0 saturated carbocycles. The Balaban J connectivity index is 1.67. The third-order valence-corrected chi connectivity index (χ3v) is 5.68. The molecule has 162 valence electrons. The summed E-state index contributed by atoms with van der Waals surface area (Å²) in [6, 6.07) is 5.78. The molecule has 0 aliphatic carbocycles. The molecule has 2 aromatic carbocycles. The van der Waals surface area contributed by atoms with E-state index in [4.69, 9.17) is 9.47 Å². The van der Waals surface area contributed by atoms with Crippen LogP contribution in [0, 0.1) is 0 Å². The van der Waals surface area contributed by atoms with Crippen molar-refractivity contribution < 1.29 is 29.6 Å². The van der Waals surface area contributed by atoms with Crippen LogP contribution >= 0.6 is 0 Å². The van der Waals surface area contributed by atoms with Crippen molar-refractivity contribution in [2.45, 2.75) is 51.7 Å². The number of hydrogen-bond donors (Lipinski definition) is 3. The van der Waals surface area contributed by atoms with E-state index in [1.54, 1.807) is 12.1 Å². The van der Waals surface area contributed by atoms with Gasteiger partial charge in [0.25, 0.3) is 0 Å². The second-order valence-corrected chi connectivity index (χ2v) is 8.56. The summed E-state index contributed by atoms with van der Waals surface area (Å²) in [5.74, 6) is -0.0240. The number of phenols is 3. The first kappa shape index (κ1) is 20.8. The van der Waals surface area contributed by atoms with Crippen LogP contribution in [0.1, 0.15) is 67.6 Å². The zero-order valence-electron chi connectivity index (χ0n) is 17.8. The zero-order valence-corrected chi connectivity index (χ0v) is 17.8. The van der Waals surface area contributed by atoms with Crippen LogP contribution in [-0.2, 0) is 0 Å². The van der Waals surface area contributed by atoms with Crippen molar-refractivity contribution in [1.29, 1.82) is 0 Å². The fraction of sp³-hybridized carbons (Fsp3) is 0.320. The Bertz CT molecular complexity index is 1110. The number of carbonyl (C=O) groups excluding carboxylic acids is 1. The number of ketones is 1. The highest BCUT2D eigenvalue weighted by Crippen LogP contribution is 2.48. The van der Waals surface area contributed by atoms with Crippen molar-refractivity contribution in [2.75, 3.05) is 0 Å². The minimum atomic E-state index is -0.735. The molecule has 6 heteroatoms. The number of carbonyl (C=O) groups is 1. The molecule has 0 spiro atoms. The van der Waals surface area contributed by atoms with Crippen molar-refractivity contribution >= 4 is 11.9 Å². The largest absolute Gasteiger partial charge is 0.508 e. The molecular weight excluding hydrogens is 396 g/mol. The van der Waals surface area contributed by atoms with Gasteiger partial charge in [-0.2, -0.15) is 0 Å². The Morgan fingerprint density at radius 3 is 2.68 bits per heavy atom. The summed E-state index contributed by atoms with van der Waals surface area (Å²) in [5, 5.41) is 30.5. The van der Waals surface area contributed by atoms with E-state index in [2.05, 4.69) is 19.9 Å². The number of benzene rings is 2. The number of ether oxygens (including phenoxy) is 2. The van der Waals surface area contributed by atoms with E-state index in [9.17, 15) is 20.1 Å². The van der Waals surface area contributed by atoms with Crippen LogP contribution < -0.4 is 9.47 Å². The van der Waals surface area contributed by atoms with Crippen LogP contribution in [0.2, 0.25) is 0 Å². The highest BCUT2D eigenvalue weighted by molar-refractivity contribution is 6.04. The van der Waals surface area contributed by atoms with Crippen LogP contribution in [-0.4, -0.2) is 26.7 Å². The molecular formula is C25H26O6. The molecule has 2 aliphatic rings. The number of phenolic OH excluding ortho intramolecular Hbond substituents is 3. The number of hydrogen-bond acceptors (Lipinski definition) is 6. The van der Waals surface area contributed by atoms with Gasteiger partial charge in [-0.25, -0.2) is 0 Å². The Morgan fingerprint density at radius 1 is 1.19 bits per heavy atom. The average Bonchev–Trinajstić information content (AvgIpc) is 2.66. The van der Waals surface area contributed by atoms with Gasteiger partial charge in [-0.1, -0.05) is 11.6 Å². The third-order valence-electron chi connectivity index (χ3n) is 5.68. The van der Waals surface area contributed by atoms with Crippen molar-refractivity contribution in [3.8, 4) is 28.7 Å². The Labute approximate surface area is 181 Å². The first-order valence-electron chi connectivity index (χ1n) is 10.3. The summed E-state index contributed by atoms with van der Waals surface area (Å²) in [5.41, 5.74) is 1.66. The third kappa shape index (κ3) is 3.98. The summed E-state index contributed by atoms with van der Waals surface area (Å²) < 4.78 is 12.2. The van der Waals surface area contributed by atoms with Crippen molar-refractivity contribution in [3.63, 3.8) is 0 Å². The maximum absolute atomic E-state index is 12.8. The number of aromatic hydroxyl groups is 3. The van der Waals surface area contributed by atoms with Gasteiger partial charge >= 0.3 is 0 Å². The van der Waals surface area contributed by atoms with Gasteiger partial charge in [0.1, 0.15) is 46.0 Å².